The minimum atomic E-state index is -0.332. The van der Waals surface area contributed by atoms with Crippen molar-refractivity contribution in [3.05, 3.63) is 0 Å². The van der Waals surface area contributed by atoms with Gasteiger partial charge in [-0.2, -0.15) is 17.0 Å². The van der Waals surface area contributed by atoms with Gasteiger partial charge in [-0.1, -0.05) is 6.92 Å². The fourth-order valence-corrected chi connectivity index (χ4v) is 2.83. The Morgan fingerprint density at radius 2 is 2.00 bits per heavy atom. The number of rotatable bonds is 11. The first kappa shape index (κ1) is 17.8. The number of nitrogens with zero attached hydrogens (tertiary/aromatic N) is 1. The Labute approximate surface area is 117 Å². The smallest absolute Gasteiger partial charge is 0.106 e. The highest BCUT2D eigenvalue weighted by molar-refractivity contribution is 7.99. The lowest BCUT2D eigenvalue weighted by molar-refractivity contribution is 0.200. The maximum Gasteiger partial charge on any atom is 0.106 e. The first-order chi connectivity index (χ1) is 8.60. The van der Waals surface area contributed by atoms with E-state index in [1.807, 2.05) is 11.8 Å². The van der Waals surface area contributed by atoms with Gasteiger partial charge in [0.05, 0.1) is 6.07 Å². The third kappa shape index (κ3) is 7.97. The number of ether oxygens (including phenoxy) is 1. The van der Waals surface area contributed by atoms with Gasteiger partial charge >= 0.3 is 0 Å². The molecule has 3 nitrogen and oxygen atoms in total. The molecule has 106 valence electrons. The zero-order chi connectivity index (χ0) is 13.9. The van der Waals surface area contributed by atoms with Gasteiger partial charge in [0.25, 0.3) is 0 Å². The Hall–Kier alpha value is -0.240. The molecule has 0 spiro atoms. The molecule has 1 atom stereocenters. The Bertz CT molecular complexity index is 240. The van der Waals surface area contributed by atoms with Gasteiger partial charge < -0.3 is 4.74 Å². The van der Waals surface area contributed by atoms with Gasteiger partial charge in [0.1, 0.15) is 5.54 Å². The van der Waals surface area contributed by atoms with Crippen molar-refractivity contribution in [3.63, 3.8) is 0 Å². The molecule has 0 aromatic heterocycles. The summed E-state index contributed by atoms with van der Waals surface area (Å²) >= 11 is 1.96. The van der Waals surface area contributed by atoms with Crippen LogP contribution in [0.15, 0.2) is 0 Å². The van der Waals surface area contributed by atoms with Gasteiger partial charge in [-0.25, -0.2) is 0 Å². The minimum absolute atomic E-state index is 0.332. The van der Waals surface area contributed by atoms with Crippen LogP contribution in [-0.4, -0.2) is 36.8 Å². The van der Waals surface area contributed by atoms with Crippen LogP contribution in [0.1, 0.15) is 46.5 Å². The first-order valence-corrected chi connectivity index (χ1v) is 8.01. The number of methoxy groups -OCH3 is 1. The summed E-state index contributed by atoms with van der Waals surface area (Å²) in [6.45, 7) is 7.13. The van der Waals surface area contributed by atoms with E-state index in [1.54, 1.807) is 7.11 Å². The summed E-state index contributed by atoms with van der Waals surface area (Å²) in [6, 6.07) is 2.83. The van der Waals surface area contributed by atoms with E-state index in [1.165, 1.54) is 0 Å². The van der Waals surface area contributed by atoms with Crippen molar-refractivity contribution in [1.29, 1.82) is 5.26 Å². The van der Waals surface area contributed by atoms with Crippen molar-refractivity contribution in [3.8, 4) is 6.07 Å². The number of thioether (sulfide) groups is 1. The third-order valence-corrected chi connectivity index (χ3v) is 4.07. The highest BCUT2D eigenvalue weighted by Crippen LogP contribution is 2.19. The molecule has 0 radical (unpaired) electrons. The van der Waals surface area contributed by atoms with Crippen LogP contribution in [0, 0.1) is 11.3 Å². The monoisotopic (exact) mass is 272 g/mol. The SMILES string of the molecule is CCC(C#N)(CCCSCCCOC)NC(C)C. The van der Waals surface area contributed by atoms with E-state index in [9.17, 15) is 5.26 Å². The summed E-state index contributed by atoms with van der Waals surface area (Å²) in [5, 5.41) is 12.8. The maximum absolute atomic E-state index is 9.36. The van der Waals surface area contributed by atoms with Crippen LogP contribution in [0.5, 0.6) is 0 Å². The van der Waals surface area contributed by atoms with Crippen LogP contribution in [0.4, 0.5) is 0 Å². The van der Waals surface area contributed by atoms with Gasteiger partial charge in [-0.15, -0.1) is 0 Å². The van der Waals surface area contributed by atoms with Crippen molar-refractivity contribution >= 4 is 11.8 Å². The predicted molar refractivity (Wildman–Crippen MR) is 80.0 cm³/mol. The molecule has 0 aliphatic carbocycles. The Morgan fingerprint density at radius 3 is 2.50 bits per heavy atom. The summed E-state index contributed by atoms with van der Waals surface area (Å²) < 4.78 is 5.01. The quantitative estimate of drug-likeness (QED) is 0.587. The summed E-state index contributed by atoms with van der Waals surface area (Å²) in [7, 11) is 1.74. The molecule has 0 aromatic rings. The lowest BCUT2D eigenvalue weighted by atomic mass is 9.91. The van der Waals surface area contributed by atoms with E-state index >= 15 is 0 Å². The molecule has 0 aliphatic heterocycles. The summed E-state index contributed by atoms with van der Waals surface area (Å²) in [4.78, 5) is 0. The van der Waals surface area contributed by atoms with E-state index < -0.39 is 0 Å². The highest BCUT2D eigenvalue weighted by atomic mass is 32.2. The maximum atomic E-state index is 9.36. The first-order valence-electron chi connectivity index (χ1n) is 6.86. The normalized spacial score (nSPS) is 14.4. The van der Waals surface area contributed by atoms with Crippen molar-refractivity contribution in [2.75, 3.05) is 25.2 Å². The second-order valence-electron chi connectivity index (χ2n) is 4.91. The summed E-state index contributed by atoms with van der Waals surface area (Å²) in [5.74, 6) is 2.28. The predicted octanol–water partition coefficient (Wildman–Crippen LogP) is 3.21. The molecule has 0 rings (SSSR count). The van der Waals surface area contributed by atoms with Gasteiger partial charge in [0, 0.05) is 19.8 Å². The third-order valence-electron chi connectivity index (χ3n) is 2.91. The number of nitrogens with one attached hydrogen (secondary N) is 1. The number of nitriles is 1. The van der Waals surface area contributed by atoms with Gasteiger partial charge in [0.2, 0.25) is 0 Å². The fourth-order valence-electron chi connectivity index (χ4n) is 1.95. The van der Waals surface area contributed by atoms with Gasteiger partial charge in [0.15, 0.2) is 0 Å². The molecule has 1 N–H and O–H groups in total. The highest BCUT2D eigenvalue weighted by Gasteiger charge is 2.27. The molecule has 0 aliphatic rings. The van der Waals surface area contributed by atoms with Crippen molar-refractivity contribution in [1.82, 2.24) is 5.32 Å². The molecule has 1 unspecified atom stereocenters. The summed E-state index contributed by atoms with van der Waals surface area (Å²) in [6.07, 6.45) is 4.02. The molecule has 0 heterocycles. The van der Waals surface area contributed by atoms with Crippen molar-refractivity contribution in [2.24, 2.45) is 0 Å². The molecule has 4 heteroatoms. The van der Waals surface area contributed by atoms with Crippen LogP contribution in [0.25, 0.3) is 0 Å². The summed E-state index contributed by atoms with van der Waals surface area (Å²) in [5.41, 5.74) is -0.332. The Balaban J connectivity index is 3.81. The van der Waals surface area contributed by atoms with E-state index in [0.29, 0.717) is 6.04 Å². The van der Waals surface area contributed by atoms with Gasteiger partial charge in [-0.05, 0) is 51.0 Å². The molecular weight excluding hydrogens is 244 g/mol. The van der Waals surface area contributed by atoms with Crippen molar-refractivity contribution in [2.45, 2.75) is 58.0 Å². The van der Waals surface area contributed by atoms with Crippen molar-refractivity contribution < 1.29 is 4.74 Å². The second-order valence-corrected chi connectivity index (χ2v) is 6.13. The van der Waals surface area contributed by atoms with Crippen LogP contribution >= 0.6 is 11.8 Å². The van der Waals surface area contributed by atoms with Crippen LogP contribution < -0.4 is 5.32 Å². The molecule has 0 bridgehead atoms. The standard InChI is InChI=1S/C14H28N2OS/c1-5-14(12-15,16-13(2)3)8-6-10-18-11-7-9-17-4/h13,16H,5-11H2,1-4H3. The Morgan fingerprint density at radius 1 is 1.33 bits per heavy atom. The minimum Gasteiger partial charge on any atom is -0.385 e. The molecule has 0 amide bonds. The number of hydrogen-bond donors (Lipinski definition) is 1. The lowest BCUT2D eigenvalue weighted by Gasteiger charge is -2.29. The Kier molecular flexibility index (Phi) is 10.5. The zero-order valence-electron chi connectivity index (χ0n) is 12.3. The molecule has 0 saturated carbocycles. The van der Waals surface area contributed by atoms with Crippen LogP contribution in [-0.2, 0) is 4.74 Å². The molecule has 0 saturated heterocycles. The van der Waals surface area contributed by atoms with E-state index in [2.05, 4.69) is 32.2 Å². The lowest BCUT2D eigenvalue weighted by Crippen LogP contribution is -2.47. The topological polar surface area (TPSA) is 45.0 Å². The van der Waals surface area contributed by atoms with Crippen LogP contribution in [0.2, 0.25) is 0 Å². The van der Waals surface area contributed by atoms with E-state index in [4.69, 9.17) is 4.74 Å². The van der Waals surface area contributed by atoms with Gasteiger partial charge in [-0.3, -0.25) is 5.32 Å². The zero-order valence-corrected chi connectivity index (χ0v) is 13.1. The molecule has 0 fully saturated rings. The second kappa shape index (κ2) is 10.7. The average Bonchev–Trinajstić information content (AvgIpc) is 2.36. The van der Waals surface area contributed by atoms with Crippen LogP contribution in [0.3, 0.4) is 0 Å². The van der Waals surface area contributed by atoms with E-state index in [-0.39, 0.29) is 5.54 Å². The molecule has 0 aromatic carbocycles. The fraction of sp³-hybridized carbons (Fsp3) is 0.929. The number of hydrogen-bond acceptors (Lipinski definition) is 4. The molecule has 18 heavy (non-hydrogen) atoms. The molecular formula is C14H28N2OS. The largest absolute Gasteiger partial charge is 0.385 e. The van der Waals surface area contributed by atoms with E-state index in [0.717, 1.165) is 43.8 Å². The average molecular weight is 272 g/mol.